The van der Waals surface area contributed by atoms with Crippen molar-refractivity contribution in [2.45, 2.75) is 25.7 Å². The normalized spacial score (nSPS) is 18.5. The lowest BCUT2D eigenvalue weighted by molar-refractivity contribution is -0.119. The number of anilines is 2. The van der Waals surface area contributed by atoms with Crippen LogP contribution in [-0.2, 0) is 16.0 Å². The summed E-state index contributed by atoms with van der Waals surface area (Å²) in [5.41, 5.74) is 4.33. The predicted octanol–water partition coefficient (Wildman–Crippen LogP) is 3.12. The van der Waals surface area contributed by atoms with E-state index in [4.69, 9.17) is 0 Å². The van der Waals surface area contributed by atoms with Gasteiger partial charge in [-0.25, -0.2) is 0 Å². The van der Waals surface area contributed by atoms with E-state index in [1.807, 2.05) is 47.4 Å². The van der Waals surface area contributed by atoms with Crippen molar-refractivity contribution in [3.05, 3.63) is 59.7 Å². The molecule has 0 saturated heterocycles. The first-order chi connectivity index (χ1) is 11.6. The molecular formula is C20H20N2O2. The highest BCUT2D eigenvalue weighted by molar-refractivity contribution is 5.98. The maximum atomic E-state index is 12.9. The van der Waals surface area contributed by atoms with Crippen LogP contribution in [0.15, 0.2) is 48.5 Å². The van der Waals surface area contributed by atoms with E-state index in [2.05, 4.69) is 6.07 Å². The summed E-state index contributed by atoms with van der Waals surface area (Å²) < 4.78 is 0. The summed E-state index contributed by atoms with van der Waals surface area (Å²) in [7, 11) is 0. The zero-order valence-corrected chi connectivity index (χ0v) is 13.7. The fourth-order valence-corrected chi connectivity index (χ4v) is 3.89. The van der Waals surface area contributed by atoms with E-state index in [-0.39, 0.29) is 17.7 Å². The molecule has 4 nitrogen and oxygen atoms in total. The zero-order chi connectivity index (χ0) is 16.7. The van der Waals surface area contributed by atoms with Crippen molar-refractivity contribution in [1.29, 1.82) is 0 Å². The van der Waals surface area contributed by atoms with Crippen molar-refractivity contribution in [3.63, 3.8) is 0 Å². The first-order valence-electron chi connectivity index (χ1n) is 8.40. The third-order valence-electron chi connectivity index (χ3n) is 5.06. The molecule has 4 heteroatoms. The second-order valence-corrected chi connectivity index (χ2v) is 6.51. The highest BCUT2D eigenvalue weighted by Crippen LogP contribution is 2.39. The molecule has 0 fully saturated rings. The van der Waals surface area contributed by atoms with Crippen LogP contribution >= 0.6 is 0 Å². The molecule has 1 atom stereocenters. The Bertz CT molecular complexity index is 815. The molecule has 122 valence electrons. The summed E-state index contributed by atoms with van der Waals surface area (Å²) in [6, 6.07) is 16.0. The lowest BCUT2D eigenvalue weighted by Gasteiger charge is -2.20. The standard InChI is InChI=1S/C20H20N2O2/c1-14(23)22-13-16(17-7-3-5-9-19(17)22)12-20(24)21-11-10-15-6-2-4-8-18(15)21/h2-9,16H,10-13H2,1H3. The van der Waals surface area contributed by atoms with Crippen molar-refractivity contribution in [2.75, 3.05) is 22.9 Å². The molecule has 4 rings (SSSR count). The number of carbonyl (C=O) groups is 2. The molecule has 2 amide bonds. The average molecular weight is 320 g/mol. The topological polar surface area (TPSA) is 40.6 Å². The molecule has 0 saturated carbocycles. The van der Waals surface area contributed by atoms with Crippen molar-refractivity contribution in [1.82, 2.24) is 0 Å². The van der Waals surface area contributed by atoms with E-state index < -0.39 is 0 Å². The zero-order valence-electron chi connectivity index (χ0n) is 13.7. The minimum atomic E-state index is 0.0314. The Hall–Kier alpha value is -2.62. The van der Waals surface area contributed by atoms with Gasteiger partial charge in [-0.05, 0) is 29.7 Å². The first kappa shape index (κ1) is 14.9. The number of amides is 2. The number of hydrogen-bond acceptors (Lipinski definition) is 2. The van der Waals surface area contributed by atoms with E-state index in [0.29, 0.717) is 13.0 Å². The Morgan fingerprint density at radius 3 is 2.50 bits per heavy atom. The van der Waals surface area contributed by atoms with Crippen LogP contribution in [0.5, 0.6) is 0 Å². The SMILES string of the molecule is CC(=O)N1CC(CC(=O)N2CCc3ccccc32)c2ccccc21. The summed E-state index contributed by atoms with van der Waals surface area (Å²) in [6.45, 7) is 2.93. The van der Waals surface area contributed by atoms with Crippen LogP contribution in [0.4, 0.5) is 11.4 Å². The van der Waals surface area contributed by atoms with Crippen molar-refractivity contribution in [3.8, 4) is 0 Å². The van der Waals surface area contributed by atoms with Gasteiger partial charge in [0.25, 0.3) is 0 Å². The lowest BCUT2D eigenvalue weighted by Crippen LogP contribution is -2.32. The molecule has 0 bridgehead atoms. The number of nitrogens with zero attached hydrogens (tertiary/aromatic N) is 2. The molecule has 2 aliphatic rings. The van der Waals surface area contributed by atoms with Gasteiger partial charge in [0.1, 0.15) is 0 Å². The van der Waals surface area contributed by atoms with Crippen LogP contribution in [0.25, 0.3) is 0 Å². The molecular weight excluding hydrogens is 300 g/mol. The Morgan fingerprint density at radius 1 is 1.00 bits per heavy atom. The molecule has 24 heavy (non-hydrogen) atoms. The number of hydrogen-bond donors (Lipinski definition) is 0. The van der Waals surface area contributed by atoms with Crippen LogP contribution in [0.3, 0.4) is 0 Å². The highest BCUT2D eigenvalue weighted by Gasteiger charge is 2.34. The average Bonchev–Trinajstić information content (AvgIpc) is 3.17. The van der Waals surface area contributed by atoms with E-state index in [9.17, 15) is 9.59 Å². The predicted molar refractivity (Wildman–Crippen MR) is 94.3 cm³/mol. The fraction of sp³-hybridized carbons (Fsp3) is 0.300. The van der Waals surface area contributed by atoms with Crippen LogP contribution in [0.1, 0.15) is 30.4 Å². The number of para-hydroxylation sites is 2. The third-order valence-corrected chi connectivity index (χ3v) is 5.06. The van der Waals surface area contributed by atoms with Gasteiger partial charge >= 0.3 is 0 Å². The van der Waals surface area contributed by atoms with Gasteiger partial charge in [0, 0.05) is 43.7 Å². The second kappa shape index (κ2) is 5.78. The van der Waals surface area contributed by atoms with Gasteiger partial charge in [-0.2, -0.15) is 0 Å². The molecule has 2 aromatic rings. The molecule has 0 N–H and O–H groups in total. The monoisotopic (exact) mass is 320 g/mol. The Morgan fingerprint density at radius 2 is 1.71 bits per heavy atom. The summed E-state index contributed by atoms with van der Waals surface area (Å²) in [4.78, 5) is 28.4. The molecule has 0 spiro atoms. The molecule has 2 aromatic carbocycles. The second-order valence-electron chi connectivity index (χ2n) is 6.51. The van der Waals surface area contributed by atoms with E-state index >= 15 is 0 Å². The van der Waals surface area contributed by atoms with Crippen molar-refractivity contribution in [2.24, 2.45) is 0 Å². The van der Waals surface area contributed by atoms with E-state index in [1.54, 1.807) is 11.8 Å². The Labute approximate surface area is 141 Å². The molecule has 0 aliphatic carbocycles. The summed E-state index contributed by atoms with van der Waals surface area (Å²) in [5, 5.41) is 0. The number of carbonyl (C=O) groups excluding carboxylic acids is 2. The van der Waals surface area contributed by atoms with Crippen LogP contribution < -0.4 is 9.80 Å². The van der Waals surface area contributed by atoms with Gasteiger partial charge in [0.05, 0.1) is 0 Å². The van der Waals surface area contributed by atoms with Gasteiger partial charge < -0.3 is 9.80 Å². The number of benzene rings is 2. The highest BCUT2D eigenvalue weighted by atomic mass is 16.2. The van der Waals surface area contributed by atoms with E-state index in [1.165, 1.54) is 5.56 Å². The summed E-state index contributed by atoms with van der Waals surface area (Å²) in [6.07, 6.45) is 1.36. The van der Waals surface area contributed by atoms with Crippen LogP contribution in [-0.4, -0.2) is 24.9 Å². The first-order valence-corrected chi connectivity index (χ1v) is 8.40. The van der Waals surface area contributed by atoms with Gasteiger partial charge in [-0.1, -0.05) is 36.4 Å². The Balaban J connectivity index is 1.56. The van der Waals surface area contributed by atoms with Crippen molar-refractivity contribution < 1.29 is 9.59 Å². The lowest BCUT2D eigenvalue weighted by atomic mass is 9.97. The largest absolute Gasteiger partial charge is 0.312 e. The van der Waals surface area contributed by atoms with Crippen LogP contribution in [0.2, 0.25) is 0 Å². The maximum Gasteiger partial charge on any atom is 0.227 e. The smallest absolute Gasteiger partial charge is 0.227 e. The molecule has 2 aliphatic heterocycles. The fourth-order valence-electron chi connectivity index (χ4n) is 3.89. The van der Waals surface area contributed by atoms with E-state index in [0.717, 1.165) is 29.9 Å². The maximum absolute atomic E-state index is 12.9. The minimum Gasteiger partial charge on any atom is -0.312 e. The quantitative estimate of drug-likeness (QED) is 0.853. The van der Waals surface area contributed by atoms with Gasteiger partial charge in [-0.15, -0.1) is 0 Å². The van der Waals surface area contributed by atoms with Gasteiger partial charge in [-0.3, -0.25) is 9.59 Å². The minimum absolute atomic E-state index is 0.0314. The molecule has 0 aromatic heterocycles. The summed E-state index contributed by atoms with van der Waals surface area (Å²) in [5.74, 6) is 0.249. The van der Waals surface area contributed by atoms with Crippen molar-refractivity contribution >= 4 is 23.2 Å². The molecule has 1 unspecified atom stereocenters. The van der Waals surface area contributed by atoms with Crippen LogP contribution in [0, 0.1) is 0 Å². The van der Waals surface area contributed by atoms with Gasteiger partial charge in [0.2, 0.25) is 11.8 Å². The molecule has 2 heterocycles. The summed E-state index contributed by atoms with van der Waals surface area (Å²) >= 11 is 0. The Kier molecular flexibility index (Phi) is 3.60. The van der Waals surface area contributed by atoms with Gasteiger partial charge in [0.15, 0.2) is 0 Å². The third kappa shape index (κ3) is 2.39. The molecule has 0 radical (unpaired) electrons. The number of rotatable bonds is 2. The number of fused-ring (bicyclic) bond motifs is 2.